The molecule has 143 heavy (non-hydrogen) atoms. The first-order valence-corrected chi connectivity index (χ1v) is 45.6. The van der Waals surface area contributed by atoms with Gasteiger partial charge in [0.15, 0.2) is 0 Å². The minimum atomic E-state index is -5.09. The molecule has 0 saturated carbocycles. The van der Waals surface area contributed by atoms with Crippen LogP contribution < -0.4 is 0 Å². The number of aromatic nitrogens is 6. The molecule has 6 aromatic heterocycles. The summed E-state index contributed by atoms with van der Waals surface area (Å²) in [6, 6.07) is 95.0. The second kappa shape index (κ2) is 34.8. The zero-order valence-electron chi connectivity index (χ0n) is 77.1. The molecule has 0 unspecified atom stereocenters. The Balaban J connectivity index is 0.000000172. The van der Waals surface area contributed by atoms with Crippen molar-refractivity contribution in [3.8, 4) is 124 Å². The molecule has 16 aromatic carbocycles. The van der Waals surface area contributed by atoms with Crippen molar-refractivity contribution in [3.05, 3.63) is 418 Å². The predicted octanol–water partition coefficient (Wildman–Crippen LogP) is 34.9. The van der Waals surface area contributed by atoms with Crippen LogP contribution in [0.25, 0.3) is 199 Å². The number of alkyl halides is 15. The highest BCUT2D eigenvalue weighted by Crippen LogP contribution is 2.51. The molecular formula is C120H77F15N8. The number of benzene rings is 16. The molecule has 0 radical (unpaired) electrons. The Morgan fingerprint density at radius 2 is 0.490 bits per heavy atom. The maximum Gasteiger partial charge on any atom is 0.417 e. The van der Waals surface area contributed by atoms with Gasteiger partial charge in [0, 0.05) is 79.0 Å². The van der Waals surface area contributed by atoms with Crippen molar-refractivity contribution in [3.63, 3.8) is 0 Å². The van der Waals surface area contributed by atoms with Crippen LogP contribution in [-0.2, 0) is 30.9 Å². The van der Waals surface area contributed by atoms with Gasteiger partial charge in [0.1, 0.15) is 12.1 Å². The van der Waals surface area contributed by atoms with E-state index in [0.29, 0.717) is 117 Å². The molecule has 0 fully saturated rings. The molecule has 0 aliphatic rings. The third kappa shape index (κ3) is 16.4. The smallest absolute Gasteiger partial charge is 0.309 e. The molecule has 23 heteroatoms. The van der Waals surface area contributed by atoms with Crippen LogP contribution in [-0.4, -0.2) is 28.2 Å². The van der Waals surface area contributed by atoms with Gasteiger partial charge in [-0.2, -0.15) is 76.4 Å². The van der Waals surface area contributed by atoms with Gasteiger partial charge in [-0.05, 0) is 300 Å². The second-order valence-electron chi connectivity index (χ2n) is 36.2. The van der Waals surface area contributed by atoms with E-state index in [-0.39, 0.29) is 22.8 Å². The van der Waals surface area contributed by atoms with Crippen molar-refractivity contribution in [2.75, 3.05) is 0 Å². The predicted molar refractivity (Wildman–Crippen MR) is 537 cm³/mol. The number of fused-ring (bicyclic) bond motifs is 12. The van der Waals surface area contributed by atoms with Crippen LogP contribution >= 0.6 is 0 Å². The normalized spacial score (nSPS) is 12.3. The summed E-state index contributed by atoms with van der Waals surface area (Å²) in [5, 5.41) is 28.8. The lowest BCUT2D eigenvalue weighted by molar-refractivity contribution is -0.143. The Kier molecular flexibility index (Phi) is 22.4. The molecule has 702 valence electrons. The van der Waals surface area contributed by atoms with E-state index in [1.165, 1.54) is 42.5 Å². The maximum atomic E-state index is 14.4. The lowest BCUT2D eigenvalue weighted by Crippen LogP contribution is -2.12. The van der Waals surface area contributed by atoms with Gasteiger partial charge in [-0.15, -0.1) is 0 Å². The minimum absolute atomic E-state index is 0.0360. The molecule has 0 spiro atoms. The molecule has 0 aliphatic heterocycles. The van der Waals surface area contributed by atoms with E-state index in [2.05, 4.69) is 132 Å². The van der Waals surface area contributed by atoms with Gasteiger partial charge in [-0.25, -0.2) is 0 Å². The van der Waals surface area contributed by atoms with Crippen molar-refractivity contribution in [1.29, 1.82) is 10.5 Å². The van der Waals surface area contributed by atoms with Gasteiger partial charge in [0.2, 0.25) is 0 Å². The molecule has 0 N–H and O–H groups in total. The van der Waals surface area contributed by atoms with E-state index in [1.807, 2.05) is 100 Å². The molecular weight excluding hydrogens is 1840 g/mol. The summed E-state index contributed by atoms with van der Waals surface area (Å²) in [5.41, 5.74) is 19.1. The molecule has 22 aromatic rings. The van der Waals surface area contributed by atoms with Crippen molar-refractivity contribution >= 4 is 87.2 Å². The summed E-state index contributed by atoms with van der Waals surface area (Å²) in [6.45, 7) is 13.3. The quantitative estimate of drug-likeness (QED) is 0.114. The third-order valence-electron chi connectivity index (χ3n) is 27.2. The maximum absolute atomic E-state index is 14.4. The van der Waals surface area contributed by atoms with E-state index in [1.54, 1.807) is 118 Å². The highest BCUT2D eigenvalue weighted by molar-refractivity contribution is 6.16. The number of halogens is 15. The molecule has 0 atom stereocenters. The van der Waals surface area contributed by atoms with Gasteiger partial charge in [-0.1, -0.05) is 180 Å². The average Bonchev–Trinajstić information content (AvgIpc) is 1.57. The monoisotopic (exact) mass is 1910 g/mol. The van der Waals surface area contributed by atoms with Crippen molar-refractivity contribution < 1.29 is 65.9 Å². The summed E-state index contributed by atoms with van der Waals surface area (Å²) in [6.07, 6.45) is -17.0. The van der Waals surface area contributed by atoms with Crippen molar-refractivity contribution in [2.24, 2.45) is 0 Å². The Morgan fingerprint density at radius 3 is 0.839 bits per heavy atom. The Bertz CT molecular complexity index is 9120. The molecule has 22 rings (SSSR count). The zero-order chi connectivity index (χ0) is 100. The summed E-state index contributed by atoms with van der Waals surface area (Å²) in [7, 11) is 0. The van der Waals surface area contributed by atoms with E-state index in [4.69, 9.17) is 0 Å². The zero-order valence-corrected chi connectivity index (χ0v) is 77.1. The van der Waals surface area contributed by atoms with Crippen LogP contribution in [0.15, 0.2) is 340 Å². The van der Waals surface area contributed by atoms with Crippen LogP contribution in [0.3, 0.4) is 0 Å². The molecule has 8 nitrogen and oxygen atoms in total. The van der Waals surface area contributed by atoms with Gasteiger partial charge in [0.05, 0.1) is 106 Å². The number of nitriles is 2. The molecule has 0 saturated heterocycles. The number of para-hydroxylation sites is 2. The number of nitrogens with zero attached hydrogens (tertiary/aromatic N) is 8. The lowest BCUT2D eigenvalue weighted by atomic mass is 9.95. The van der Waals surface area contributed by atoms with Crippen molar-refractivity contribution in [2.45, 2.75) is 79.3 Å². The van der Waals surface area contributed by atoms with Crippen LogP contribution in [0.2, 0.25) is 0 Å². The third-order valence-corrected chi connectivity index (χ3v) is 27.2. The summed E-state index contributed by atoms with van der Waals surface area (Å²) < 4.78 is 219. The Labute approximate surface area is 808 Å². The van der Waals surface area contributed by atoms with Gasteiger partial charge < -0.3 is 18.3 Å². The van der Waals surface area contributed by atoms with Gasteiger partial charge >= 0.3 is 30.9 Å². The average molecular weight is 1920 g/mol. The van der Waals surface area contributed by atoms with Crippen LogP contribution in [0, 0.1) is 71.1 Å². The highest BCUT2D eigenvalue weighted by atomic mass is 19.4. The fourth-order valence-electron chi connectivity index (χ4n) is 20.6. The molecule has 0 bridgehead atoms. The topological polar surface area (TPSA) is 93.1 Å². The summed E-state index contributed by atoms with van der Waals surface area (Å²) in [4.78, 5) is 8.62. The van der Waals surface area contributed by atoms with Crippen molar-refractivity contribution in [1.82, 2.24) is 28.2 Å². The van der Waals surface area contributed by atoms with Gasteiger partial charge in [0.25, 0.3) is 0 Å². The number of pyridine rings is 2. The van der Waals surface area contributed by atoms with E-state index < -0.39 is 64.3 Å². The second-order valence-corrected chi connectivity index (χ2v) is 36.2. The minimum Gasteiger partial charge on any atom is -0.309 e. The number of hydrogen-bond donors (Lipinski definition) is 0. The van der Waals surface area contributed by atoms with Crippen LogP contribution in [0.1, 0.15) is 77.9 Å². The molecule has 0 aliphatic carbocycles. The molecule has 6 heterocycles. The first kappa shape index (κ1) is 92.3. The Hall–Kier alpha value is -17.1. The van der Waals surface area contributed by atoms with E-state index >= 15 is 0 Å². The number of aryl methyl sites for hydroxylation is 7. The largest absolute Gasteiger partial charge is 0.417 e. The van der Waals surface area contributed by atoms with Gasteiger partial charge in [-0.3, -0.25) is 9.97 Å². The summed E-state index contributed by atoms with van der Waals surface area (Å²) in [5.74, 6) is 0. The number of hydrogen-bond acceptors (Lipinski definition) is 4. The first-order valence-electron chi connectivity index (χ1n) is 45.6. The van der Waals surface area contributed by atoms with E-state index in [9.17, 15) is 76.4 Å². The lowest BCUT2D eigenvalue weighted by Gasteiger charge is -2.20. The SMILES string of the molecule is Cc1ccc(-c2ccc3c(c2)c2ccccc2n3-c2cc(C#N)c(-n3c4ccccc4c4cc(-c5ccc(C(F)(F)F)cc5C(F)(F)F)ccc43)cc2-c2ccncc2)c(C(F)(F)F)c1.Cc1ccc(-c2ccc3c4ccc(-c5ccc(C(F)(F)F)cc5C)cc4n(-c4cc(-c5ccncc5)c(-n5c6cc(-c7ccc(C)cc7C)ccc6c6ccc(-c7ccc(C(F)(F)F)cc7C)cc65)cc4C#N)c3c2)c(C)c1. The van der Waals surface area contributed by atoms with Crippen LogP contribution in [0.5, 0.6) is 0 Å². The van der Waals surface area contributed by atoms with Crippen LogP contribution in [0.4, 0.5) is 65.9 Å². The number of rotatable bonds is 12. The fourth-order valence-corrected chi connectivity index (χ4v) is 20.6. The Morgan fingerprint density at radius 1 is 0.210 bits per heavy atom. The highest BCUT2D eigenvalue weighted by Gasteiger charge is 2.41. The fraction of sp³-hybridized carbons (Fsp3) is 0.100. The first-order chi connectivity index (χ1) is 68.3. The standard InChI is InChI=1S/C68H48F6N4.C52H29F9N4/c1-38-7-15-52(40(3)27-38)45-9-17-56-57-18-11-47(54-21-13-50(29-42(54)5)67(69,70)71)32-63(57)77(62(56)31-45)61-36-60(44-23-25-76-26-24-44)66(35-49(61)37-75)78-64-33-46(53-16-8-39(2)28-41(53)4)10-19-58(64)59-20-12-48(34-65(59)78)55-22-14-51(30-43(55)6)68(72,73)74;1-29-10-14-35(42(22-29)51(56,57)58)31-12-17-47-41(23-31)38-7-3-5-9-45(38)65(47)49-25-33(28-62)48(27-39(49)30-18-20-63-21-19-30)64-44-8-4-2-6-37(44)40-24-32(11-16-46(40)64)36-15-13-34(50(53,54)55)26-43(36)52(59,60)61/h7-36H,1-6H3;2-27H,1H3. The van der Waals surface area contributed by atoms with E-state index in [0.717, 1.165) is 140 Å². The summed E-state index contributed by atoms with van der Waals surface area (Å²) >= 11 is 0. The molecule has 0 amide bonds.